The monoisotopic (exact) mass is 324 g/mol. The Balaban J connectivity index is 1.86. The van der Waals surface area contributed by atoms with Gasteiger partial charge < -0.3 is 4.42 Å². The van der Waals surface area contributed by atoms with Crippen molar-refractivity contribution in [2.45, 2.75) is 12.8 Å². The largest absolute Gasteiger partial charge is 0.460 e. The summed E-state index contributed by atoms with van der Waals surface area (Å²) in [6, 6.07) is 16.8. The minimum Gasteiger partial charge on any atom is -0.460 e. The van der Waals surface area contributed by atoms with Gasteiger partial charge in [0, 0.05) is 21.8 Å². The van der Waals surface area contributed by atoms with E-state index in [1.54, 1.807) is 0 Å². The number of allylic oxidation sites excluding steroid dienone is 1. The highest BCUT2D eigenvalue weighted by Crippen LogP contribution is 2.36. The molecule has 1 nitrogen and oxygen atoms in total. The number of halogens is 1. The second-order valence-corrected chi connectivity index (χ2v) is 6.03. The normalized spacial score (nSPS) is 14.2. The molecule has 0 atom stereocenters. The van der Waals surface area contributed by atoms with E-state index in [-0.39, 0.29) is 0 Å². The maximum Gasteiger partial charge on any atom is 0.134 e. The van der Waals surface area contributed by atoms with Gasteiger partial charge in [0.1, 0.15) is 11.3 Å². The summed E-state index contributed by atoms with van der Waals surface area (Å²) in [4.78, 5) is 0. The zero-order valence-corrected chi connectivity index (χ0v) is 12.5. The maximum atomic E-state index is 5.94. The number of hydrogen-bond donors (Lipinski definition) is 0. The van der Waals surface area contributed by atoms with Crippen LogP contribution in [0.1, 0.15) is 23.3 Å². The van der Waals surface area contributed by atoms with Gasteiger partial charge in [-0.05, 0) is 41.8 Å². The second kappa shape index (κ2) is 4.64. The van der Waals surface area contributed by atoms with E-state index in [1.807, 2.05) is 12.1 Å². The lowest BCUT2D eigenvalue weighted by Crippen LogP contribution is -1.96. The highest BCUT2D eigenvalue weighted by molar-refractivity contribution is 9.10. The summed E-state index contributed by atoms with van der Waals surface area (Å²) in [6.07, 6.45) is 4.30. The van der Waals surface area contributed by atoms with Crippen molar-refractivity contribution < 1.29 is 4.42 Å². The molecule has 0 amide bonds. The van der Waals surface area contributed by atoms with Crippen LogP contribution in [-0.4, -0.2) is 0 Å². The Morgan fingerprint density at radius 1 is 0.900 bits per heavy atom. The second-order valence-electron chi connectivity index (χ2n) is 5.11. The standard InChI is InChI=1S/C18H13BrO/c19-14-8-5-12(6-9-14)13-7-10-18-16(11-13)15-3-1-2-4-17(15)20-18/h1-6,8-9,11H,7,10H2. The quantitative estimate of drug-likeness (QED) is 0.561. The van der Waals surface area contributed by atoms with Crippen molar-refractivity contribution in [1.82, 2.24) is 0 Å². The van der Waals surface area contributed by atoms with Gasteiger partial charge in [-0.15, -0.1) is 0 Å². The molecule has 1 aliphatic rings. The van der Waals surface area contributed by atoms with Crippen LogP contribution in [0.4, 0.5) is 0 Å². The van der Waals surface area contributed by atoms with E-state index in [1.165, 1.54) is 22.1 Å². The van der Waals surface area contributed by atoms with Gasteiger partial charge in [-0.25, -0.2) is 0 Å². The SMILES string of the molecule is Brc1ccc(C2=Cc3c(oc4ccccc34)CC2)cc1. The molecule has 98 valence electrons. The number of rotatable bonds is 1. The van der Waals surface area contributed by atoms with Gasteiger partial charge in [-0.1, -0.05) is 46.3 Å². The Morgan fingerprint density at radius 2 is 1.70 bits per heavy atom. The number of hydrogen-bond acceptors (Lipinski definition) is 1. The summed E-state index contributed by atoms with van der Waals surface area (Å²) < 4.78 is 7.06. The number of furan rings is 1. The first-order valence-corrected chi connectivity index (χ1v) is 7.57. The molecule has 3 aromatic rings. The lowest BCUT2D eigenvalue weighted by atomic mass is 9.92. The average molecular weight is 325 g/mol. The van der Waals surface area contributed by atoms with Crippen molar-refractivity contribution in [1.29, 1.82) is 0 Å². The van der Waals surface area contributed by atoms with E-state index in [2.05, 4.69) is 58.4 Å². The molecule has 20 heavy (non-hydrogen) atoms. The Hall–Kier alpha value is -1.80. The minimum atomic E-state index is 0.978. The first-order chi connectivity index (χ1) is 9.81. The number of benzene rings is 2. The number of fused-ring (bicyclic) bond motifs is 3. The fourth-order valence-corrected chi connectivity index (χ4v) is 3.11. The van der Waals surface area contributed by atoms with Gasteiger partial charge in [0.2, 0.25) is 0 Å². The minimum absolute atomic E-state index is 0.978. The van der Waals surface area contributed by atoms with Crippen molar-refractivity contribution in [3.05, 3.63) is 69.9 Å². The summed E-state index contributed by atoms with van der Waals surface area (Å²) in [5, 5.41) is 1.22. The van der Waals surface area contributed by atoms with E-state index in [0.29, 0.717) is 0 Å². The topological polar surface area (TPSA) is 13.1 Å². The molecule has 0 N–H and O–H groups in total. The first-order valence-electron chi connectivity index (χ1n) is 6.78. The Morgan fingerprint density at radius 3 is 2.55 bits per heavy atom. The summed E-state index contributed by atoms with van der Waals surface area (Å²) >= 11 is 3.49. The predicted molar refractivity (Wildman–Crippen MR) is 86.5 cm³/mol. The van der Waals surface area contributed by atoms with E-state index in [9.17, 15) is 0 Å². The highest BCUT2D eigenvalue weighted by atomic mass is 79.9. The third-order valence-electron chi connectivity index (χ3n) is 3.87. The molecule has 0 saturated carbocycles. The molecule has 0 radical (unpaired) electrons. The fourth-order valence-electron chi connectivity index (χ4n) is 2.85. The zero-order valence-electron chi connectivity index (χ0n) is 10.9. The molecule has 0 unspecified atom stereocenters. The van der Waals surface area contributed by atoms with Crippen LogP contribution in [0.5, 0.6) is 0 Å². The van der Waals surface area contributed by atoms with E-state index in [4.69, 9.17) is 4.42 Å². The number of aryl methyl sites for hydroxylation is 1. The number of para-hydroxylation sites is 1. The molecule has 1 aliphatic carbocycles. The van der Waals surface area contributed by atoms with Crippen LogP contribution in [0.3, 0.4) is 0 Å². The molecule has 1 heterocycles. The van der Waals surface area contributed by atoms with E-state index < -0.39 is 0 Å². The Bertz CT molecular complexity index is 809. The van der Waals surface area contributed by atoms with Gasteiger partial charge >= 0.3 is 0 Å². The molecule has 1 aromatic heterocycles. The predicted octanol–water partition coefficient (Wildman–Crippen LogP) is 5.68. The Labute approximate surface area is 126 Å². The molecule has 4 rings (SSSR count). The van der Waals surface area contributed by atoms with Crippen molar-refractivity contribution in [2.75, 3.05) is 0 Å². The van der Waals surface area contributed by atoms with Gasteiger partial charge in [-0.2, -0.15) is 0 Å². The average Bonchev–Trinajstić information content (AvgIpc) is 2.86. The van der Waals surface area contributed by atoms with Crippen LogP contribution in [0, 0.1) is 0 Å². The molecule has 0 fully saturated rings. The summed E-state index contributed by atoms with van der Waals surface area (Å²) in [7, 11) is 0. The summed E-state index contributed by atoms with van der Waals surface area (Å²) in [5.41, 5.74) is 4.93. The van der Waals surface area contributed by atoms with Crippen molar-refractivity contribution in [2.24, 2.45) is 0 Å². The molecular weight excluding hydrogens is 312 g/mol. The van der Waals surface area contributed by atoms with Crippen LogP contribution in [0.2, 0.25) is 0 Å². The fraction of sp³-hybridized carbons (Fsp3) is 0.111. The summed E-state index contributed by atoms with van der Waals surface area (Å²) in [5.74, 6) is 1.12. The molecular formula is C18H13BrO. The lowest BCUT2D eigenvalue weighted by Gasteiger charge is -2.13. The van der Waals surface area contributed by atoms with Crippen LogP contribution < -0.4 is 0 Å². The van der Waals surface area contributed by atoms with Crippen molar-refractivity contribution in [3.8, 4) is 0 Å². The molecule has 0 aliphatic heterocycles. The first kappa shape index (κ1) is 12.0. The lowest BCUT2D eigenvalue weighted by molar-refractivity contribution is 0.548. The maximum absolute atomic E-state index is 5.94. The van der Waals surface area contributed by atoms with Crippen molar-refractivity contribution >= 4 is 38.5 Å². The van der Waals surface area contributed by atoms with Gasteiger partial charge in [0.05, 0.1) is 0 Å². The molecule has 0 spiro atoms. The van der Waals surface area contributed by atoms with Crippen LogP contribution in [0.25, 0.3) is 22.6 Å². The molecule has 2 aromatic carbocycles. The van der Waals surface area contributed by atoms with E-state index >= 15 is 0 Å². The summed E-state index contributed by atoms with van der Waals surface area (Å²) in [6.45, 7) is 0. The van der Waals surface area contributed by atoms with E-state index in [0.717, 1.165) is 28.7 Å². The Kier molecular flexibility index (Phi) is 2.78. The zero-order chi connectivity index (χ0) is 13.5. The van der Waals surface area contributed by atoms with Gasteiger partial charge in [0.15, 0.2) is 0 Å². The van der Waals surface area contributed by atoms with Gasteiger partial charge in [-0.3, -0.25) is 0 Å². The highest BCUT2D eigenvalue weighted by Gasteiger charge is 2.18. The van der Waals surface area contributed by atoms with Crippen LogP contribution in [0.15, 0.2) is 57.4 Å². The van der Waals surface area contributed by atoms with Crippen molar-refractivity contribution in [3.63, 3.8) is 0 Å². The molecule has 2 heteroatoms. The van der Waals surface area contributed by atoms with Crippen LogP contribution in [-0.2, 0) is 6.42 Å². The molecule has 0 bridgehead atoms. The molecule has 0 saturated heterocycles. The van der Waals surface area contributed by atoms with Gasteiger partial charge in [0.25, 0.3) is 0 Å². The smallest absolute Gasteiger partial charge is 0.134 e. The third kappa shape index (κ3) is 1.92. The van der Waals surface area contributed by atoms with Crippen LogP contribution >= 0.6 is 15.9 Å². The third-order valence-corrected chi connectivity index (χ3v) is 4.39.